The van der Waals surface area contributed by atoms with E-state index in [0.29, 0.717) is 24.3 Å². The van der Waals surface area contributed by atoms with Gasteiger partial charge in [0.1, 0.15) is 11.9 Å². The van der Waals surface area contributed by atoms with Gasteiger partial charge >= 0.3 is 13.6 Å². The Morgan fingerprint density at radius 2 is 1.72 bits per heavy atom. The third-order valence-corrected chi connectivity index (χ3v) is 8.82. The molecule has 1 aromatic rings. The Morgan fingerprint density at radius 3 is 2.31 bits per heavy atom. The summed E-state index contributed by atoms with van der Waals surface area (Å²) in [4.78, 5) is 24.1. The van der Waals surface area contributed by atoms with Gasteiger partial charge in [-0.2, -0.15) is 0 Å². The average Bonchev–Trinajstić information content (AvgIpc) is 2.89. The molecule has 2 rings (SSSR count). The van der Waals surface area contributed by atoms with Gasteiger partial charge in [0.05, 0.1) is 25.5 Å². The fourth-order valence-corrected chi connectivity index (χ4v) is 6.20. The summed E-state index contributed by atoms with van der Waals surface area (Å²) in [5.41, 5.74) is 0.678. The van der Waals surface area contributed by atoms with Crippen molar-refractivity contribution in [3.05, 3.63) is 24.3 Å². The summed E-state index contributed by atoms with van der Waals surface area (Å²) in [6.07, 6.45) is 7.80. The maximum absolute atomic E-state index is 13.0. The number of anilines is 1. The number of hydrogen-bond acceptors (Lipinski definition) is 8. The van der Waals surface area contributed by atoms with E-state index >= 15 is 0 Å². The van der Waals surface area contributed by atoms with Gasteiger partial charge in [-0.05, 0) is 57.4 Å². The van der Waals surface area contributed by atoms with Gasteiger partial charge in [0.25, 0.3) is 0 Å². The molecule has 0 saturated carbocycles. The second kappa shape index (κ2) is 16.7. The molecule has 0 radical (unpaired) electrons. The maximum atomic E-state index is 13.0. The second-order valence-corrected chi connectivity index (χ2v) is 11.9. The molecule has 1 amide bonds. The van der Waals surface area contributed by atoms with Gasteiger partial charge in [0, 0.05) is 37.3 Å². The van der Waals surface area contributed by atoms with Gasteiger partial charge in [-0.1, -0.05) is 20.3 Å². The minimum Gasteiger partial charge on any atom is -0.465 e. The second-order valence-electron chi connectivity index (χ2n) is 9.75. The van der Waals surface area contributed by atoms with Crippen LogP contribution < -0.4 is 10.1 Å². The number of benzene rings is 1. The Labute approximate surface area is 233 Å². The van der Waals surface area contributed by atoms with Crippen molar-refractivity contribution in [2.24, 2.45) is 11.8 Å². The molecule has 1 saturated heterocycles. The van der Waals surface area contributed by atoms with Crippen LogP contribution in [-0.4, -0.2) is 49.8 Å². The quantitative estimate of drug-likeness (QED) is 0.110. The van der Waals surface area contributed by atoms with E-state index in [1.807, 2.05) is 13.8 Å². The lowest BCUT2D eigenvalue weighted by Crippen LogP contribution is -2.53. The highest BCUT2D eigenvalue weighted by Crippen LogP contribution is 2.49. The summed E-state index contributed by atoms with van der Waals surface area (Å²) in [5, 5.41) is 2.90. The first kappa shape index (κ1) is 32.8. The van der Waals surface area contributed by atoms with Crippen LogP contribution in [0.15, 0.2) is 24.3 Å². The number of amides is 1. The van der Waals surface area contributed by atoms with E-state index in [1.165, 1.54) is 6.92 Å². The Hall–Kier alpha value is -2.37. The Bertz CT molecular complexity index is 982. The SMILES string of the molecule is C#CCCCCCC(=O)Nc1ccc(O[C@H]2O[C@H](CCP(=O)(OCC)OCC)[C@@H](OC(C)=O)[C@H](C)[C@@H]2C)cc1. The molecule has 1 N–H and O–H groups in total. The first-order valence-corrected chi connectivity index (χ1v) is 15.6. The van der Waals surface area contributed by atoms with Crippen molar-refractivity contribution >= 4 is 25.2 Å². The minimum atomic E-state index is -3.30. The summed E-state index contributed by atoms with van der Waals surface area (Å²) in [5.74, 6) is 2.54. The molecule has 218 valence electrons. The maximum Gasteiger partial charge on any atom is 0.330 e. The molecule has 10 heteroatoms. The zero-order valence-electron chi connectivity index (χ0n) is 23.9. The summed E-state index contributed by atoms with van der Waals surface area (Å²) >= 11 is 0. The van der Waals surface area contributed by atoms with Crippen LogP contribution in [0, 0.1) is 24.2 Å². The first-order valence-electron chi connectivity index (χ1n) is 13.8. The van der Waals surface area contributed by atoms with Gasteiger partial charge in [-0.15, -0.1) is 12.3 Å². The lowest BCUT2D eigenvalue weighted by Gasteiger charge is -2.44. The number of carbonyl (C=O) groups excluding carboxylic acids is 2. The number of unbranched alkanes of at least 4 members (excludes halogenated alkanes) is 3. The van der Waals surface area contributed by atoms with E-state index in [0.717, 1.165) is 25.7 Å². The Balaban J connectivity index is 2.03. The molecule has 0 aliphatic carbocycles. The smallest absolute Gasteiger partial charge is 0.330 e. The van der Waals surface area contributed by atoms with Crippen molar-refractivity contribution in [2.75, 3.05) is 24.7 Å². The Morgan fingerprint density at radius 1 is 1.05 bits per heavy atom. The van der Waals surface area contributed by atoms with Crippen LogP contribution in [0.1, 0.15) is 73.1 Å². The molecule has 5 atom stereocenters. The van der Waals surface area contributed by atoms with E-state index in [4.69, 9.17) is 29.7 Å². The summed E-state index contributed by atoms with van der Waals surface area (Å²) < 4.78 is 42.0. The van der Waals surface area contributed by atoms with Crippen LogP contribution in [-0.2, 0) is 32.7 Å². The first-order chi connectivity index (χ1) is 18.6. The van der Waals surface area contributed by atoms with E-state index < -0.39 is 32.1 Å². The van der Waals surface area contributed by atoms with Crippen LogP contribution in [0.3, 0.4) is 0 Å². The van der Waals surface area contributed by atoms with Crippen LogP contribution in [0.5, 0.6) is 5.75 Å². The van der Waals surface area contributed by atoms with Crippen molar-refractivity contribution in [1.29, 1.82) is 0 Å². The molecule has 0 aromatic heterocycles. The lowest BCUT2D eigenvalue weighted by molar-refractivity contribution is -0.239. The number of carbonyl (C=O) groups is 2. The molecule has 9 nitrogen and oxygen atoms in total. The summed E-state index contributed by atoms with van der Waals surface area (Å²) in [6.45, 7) is 9.37. The van der Waals surface area contributed by atoms with E-state index in [1.54, 1.807) is 38.1 Å². The zero-order chi connectivity index (χ0) is 28.8. The van der Waals surface area contributed by atoms with Crippen LogP contribution in [0.25, 0.3) is 0 Å². The standard InChI is InChI=1S/C29H44NO8P/c1-7-10-11-12-13-14-27(32)30-24-15-17-25(18-16-24)37-29-22(5)21(4)28(36-23(6)31)26(38-29)19-20-39(33,34-8-2)35-9-3/h1,15-18,21-22,26,28-29H,8-14,19-20H2,2-6H3,(H,30,32)/t21-,22+,26-,28+,29+/m1/s1. The zero-order valence-corrected chi connectivity index (χ0v) is 24.7. The molecule has 0 spiro atoms. The highest BCUT2D eigenvalue weighted by Gasteiger charge is 2.45. The van der Waals surface area contributed by atoms with Gasteiger partial charge in [0.2, 0.25) is 12.2 Å². The number of rotatable bonds is 16. The van der Waals surface area contributed by atoms with Crippen molar-refractivity contribution in [3.63, 3.8) is 0 Å². The number of esters is 1. The summed E-state index contributed by atoms with van der Waals surface area (Å²) in [7, 11) is -3.30. The van der Waals surface area contributed by atoms with Crippen molar-refractivity contribution < 1.29 is 37.4 Å². The lowest BCUT2D eigenvalue weighted by atomic mass is 9.83. The highest BCUT2D eigenvalue weighted by atomic mass is 31.2. The number of hydrogen-bond donors (Lipinski definition) is 1. The average molecular weight is 566 g/mol. The molecule has 0 unspecified atom stereocenters. The van der Waals surface area contributed by atoms with E-state index in [-0.39, 0.29) is 37.1 Å². The largest absolute Gasteiger partial charge is 0.465 e. The molecular weight excluding hydrogens is 521 g/mol. The fraction of sp³-hybridized carbons (Fsp3) is 0.655. The topological polar surface area (TPSA) is 109 Å². The predicted molar refractivity (Wildman–Crippen MR) is 151 cm³/mol. The molecular formula is C29H44NO8P. The fourth-order valence-electron chi connectivity index (χ4n) is 4.51. The van der Waals surface area contributed by atoms with Crippen LogP contribution in [0.2, 0.25) is 0 Å². The molecule has 1 aromatic carbocycles. The Kier molecular flexibility index (Phi) is 14.0. The molecule has 39 heavy (non-hydrogen) atoms. The molecule has 0 bridgehead atoms. The minimum absolute atomic E-state index is 0.0433. The third kappa shape index (κ3) is 11.0. The highest BCUT2D eigenvalue weighted by molar-refractivity contribution is 7.53. The van der Waals surface area contributed by atoms with Gasteiger partial charge in [-0.25, -0.2) is 0 Å². The van der Waals surface area contributed by atoms with Crippen LogP contribution in [0.4, 0.5) is 5.69 Å². The summed E-state index contributed by atoms with van der Waals surface area (Å²) in [6, 6.07) is 7.10. The van der Waals surface area contributed by atoms with E-state index in [2.05, 4.69) is 11.2 Å². The monoisotopic (exact) mass is 565 g/mol. The number of ether oxygens (including phenoxy) is 3. The molecule has 1 heterocycles. The number of terminal acetylenes is 1. The third-order valence-electron chi connectivity index (χ3n) is 6.71. The predicted octanol–water partition coefficient (Wildman–Crippen LogP) is 6.17. The van der Waals surface area contributed by atoms with Crippen molar-refractivity contribution in [2.45, 2.75) is 91.6 Å². The van der Waals surface area contributed by atoms with Gasteiger partial charge in [-0.3, -0.25) is 14.2 Å². The normalized spacial score (nSPS) is 23.0. The van der Waals surface area contributed by atoms with Gasteiger partial charge < -0.3 is 28.6 Å². The van der Waals surface area contributed by atoms with Crippen molar-refractivity contribution in [3.8, 4) is 18.1 Å². The molecule has 1 aliphatic heterocycles. The van der Waals surface area contributed by atoms with E-state index in [9.17, 15) is 14.2 Å². The van der Waals surface area contributed by atoms with Crippen molar-refractivity contribution in [1.82, 2.24) is 0 Å². The number of nitrogens with one attached hydrogen (secondary N) is 1. The molecule has 1 fully saturated rings. The molecule has 1 aliphatic rings. The van der Waals surface area contributed by atoms with Gasteiger partial charge in [0.15, 0.2) is 0 Å². The van der Waals surface area contributed by atoms with Crippen LogP contribution >= 0.6 is 7.60 Å².